The van der Waals surface area contributed by atoms with Gasteiger partial charge in [-0.25, -0.2) is 0 Å². The smallest absolute Gasteiger partial charge is 0.0516 e. The van der Waals surface area contributed by atoms with Crippen LogP contribution >= 0.6 is 0 Å². The van der Waals surface area contributed by atoms with Crippen LogP contribution in [0.5, 0.6) is 0 Å². The first-order valence-electron chi connectivity index (χ1n) is 7.81. The molecule has 0 saturated carbocycles. The first kappa shape index (κ1) is 14.2. The average Bonchev–Trinajstić information content (AvgIpc) is 2.49. The third kappa shape index (κ3) is 3.27. The fourth-order valence-electron chi connectivity index (χ4n) is 3.23. The lowest BCUT2D eigenvalue weighted by Gasteiger charge is -2.28. The predicted molar refractivity (Wildman–Crippen MR) is 89.6 cm³/mol. The van der Waals surface area contributed by atoms with E-state index in [4.69, 9.17) is 0 Å². The van der Waals surface area contributed by atoms with Crippen LogP contribution in [0.3, 0.4) is 0 Å². The average molecular weight is 280 g/mol. The second kappa shape index (κ2) is 6.31. The van der Waals surface area contributed by atoms with Gasteiger partial charge >= 0.3 is 0 Å². The van der Waals surface area contributed by atoms with Gasteiger partial charge in [0.1, 0.15) is 0 Å². The maximum absolute atomic E-state index is 3.78. The van der Waals surface area contributed by atoms with E-state index < -0.39 is 0 Å². The van der Waals surface area contributed by atoms with Crippen LogP contribution in [0.2, 0.25) is 0 Å². The standard InChI is InChI=1S/C19H24N2/c1-21(2)14-16-9-4-6-12-18(16)20-19-13-7-10-15-8-3-5-11-17(15)19/h3-6,8-9,11-12,19-20H,7,10,13-14H2,1-2H3. The summed E-state index contributed by atoms with van der Waals surface area (Å²) in [6.07, 6.45) is 3.70. The molecule has 110 valence electrons. The lowest BCUT2D eigenvalue weighted by atomic mass is 9.87. The number of rotatable bonds is 4. The molecular formula is C19H24N2. The molecular weight excluding hydrogens is 256 g/mol. The maximum atomic E-state index is 3.78. The van der Waals surface area contributed by atoms with Crippen LogP contribution in [0.4, 0.5) is 5.69 Å². The Morgan fingerprint density at radius 2 is 1.81 bits per heavy atom. The highest BCUT2D eigenvalue weighted by atomic mass is 15.1. The zero-order chi connectivity index (χ0) is 14.7. The van der Waals surface area contributed by atoms with Crippen molar-refractivity contribution in [3.8, 4) is 0 Å². The van der Waals surface area contributed by atoms with Crippen molar-refractivity contribution in [3.05, 3.63) is 65.2 Å². The SMILES string of the molecule is CN(C)Cc1ccccc1NC1CCCc2ccccc21. The van der Waals surface area contributed by atoms with Crippen molar-refractivity contribution in [1.29, 1.82) is 0 Å². The van der Waals surface area contributed by atoms with Gasteiger partial charge in [0.2, 0.25) is 0 Å². The second-order valence-corrected chi connectivity index (χ2v) is 6.18. The van der Waals surface area contributed by atoms with Crippen molar-refractivity contribution in [1.82, 2.24) is 4.90 Å². The molecule has 0 aromatic heterocycles. The molecule has 0 aliphatic heterocycles. The van der Waals surface area contributed by atoms with E-state index in [1.807, 2.05) is 0 Å². The van der Waals surface area contributed by atoms with Crippen LogP contribution in [-0.4, -0.2) is 19.0 Å². The van der Waals surface area contributed by atoms with Crippen molar-refractivity contribution >= 4 is 5.69 Å². The Bertz CT molecular complexity index is 604. The molecule has 1 atom stereocenters. The van der Waals surface area contributed by atoms with E-state index in [0.717, 1.165) is 6.54 Å². The van der Waals surface area contributed by atoms with Crippen LogP contribution < -0.4 is 5.32 Å². The van der Waals surface area contributed by atoms with E-state index in [1.165, 1.54) is 41.6 Å². The Hall–Kier alpha value is -1.80. The molecule has 0 fully saturated rings. The quantitative estimate of drug-likeness (QED) is 0.901. The highest BCUT2D eigenvalue weighted by Gasteiger charge is 2.20. The zero-order valence-electron chi connectivity index (χ0n) is 13.0. The van der Waals surface area contributed by atoms with E-state index in [9.17, 15) is 0 Å². The molecule has 2 heteroatoms. The molecule has 0 spiro atoms. The van der Waals surface area contributed by atoms with Crippen molar-refractivity contribution in [2.75, 3.05) is 19.4 Å². The van der Waals surface area contributed by atoms with Crippen LogP contribution in [0.15, 0.2) is 48.5 Å². The summed E-state index contributed by atoms with van der Waals surface area (Å²) >= 11 is 0. The van der Waals surface area contributed by atoms with E-state index in [1.54, 1.807) is 0 Å². The number of hydrogen-bond donors (Lipinski definition) is 1. The lowest BCUT2D eigenvalue weighted by Crippen LogP contribution is -2.19. The summed E-state index contributed by atoms with van der Waals surface area (Å²) in [5, 5.41) is 3.78. The molecule has 21 heavy (non-hydrogen) atoms. The Labute approximate surface area is 127 Å². The summed E-state index contributed by atoms with van der Waals surface area (Å²) in [6.45, 7) is 0.970. The minimum atomic E-state index is 0.443. The van der Waals surface area contributed by atoms with E-state index in [0.29, 0.717) is 6.04 Å². The highest BCUT2D eigenvalue weighted by Crippen LogP contribution is 2.33. The fraction of sp³-hybridized carbons (Fsp3) is 0.368. The molecule has 1 aliphatic rings. The van der Waals surface area contributed by atoms with Gasteiger partial charge in [-0.2, -0.15) is 0 Å². The Morgan fingerprint density at radius 1 is 1.05 bits per heavy atom. The first-order chi connectivity index (χ1) is 10.2. The molecule has 2 aromatic carbocycles. The fourth-order valence-corrected chi connectivity index (χ4v) is 3.23. The maximum Gasteiger partial charge on any atom is 0.0516 e. The van der Waals surface area contributed by atoms with Gasteiger partial charge in [0.25, 0.3) is 0 Å². The third-order valence-corrected chi connectivity index (χ3v) is 4.20. The second-order valence-electron chi connectivity index (χ2n) is 6.18. The summed E-state index contributed by atoms with van der Waals surface area (Å²) in [5.74, 6) is 0. The molecule has 1 N–H and O–H groups in total. The summed E-state index contributed by atoms with van der Waals surface area (Å²) in [4.78, 5) is 2.22. The zero-order valence-corrected chi connectivity index (χ0v) is 13.0. The van der Waals surface area contributed by atoms with Gasteiger partial charge in [0, 0.05) is 12.2 Å². The molecule has 2 aromatic rings. The molecule has 3 rings (SSSR count). The lowest BCUT2D eigenvalue weighted by molar-refractivity contribution is 0.403. The van der Waals surface area contributed by atoms with Crippen molar-refractivity contribution in [2.45, 2.75) is 31.8 Å². The van der Waals surface area contributed by atoms with Gasteiger partial charge in [0.15, 0.2) is 0 Å². The van der Waals surface area contributed by atoms with E-state index >= 15 is 0 Å². The molecule has 0 saturated heterocycles. The van der Waals surface area contributed by atoms with E-state index in [2.05, 4.69) is 72.8 Å². The largest absolute Gasteiger partial charge is 0.378 e. The Balaban J connectivity index is 1.85. The molecule has 0 bridgehead atoms. The monoisotopic (exact) mass is 280 g/mol. The number of anilines is 1. The highest BCUT2D eigenvalue weighted by molar-refractivity contribution is 5.53. The topological polar surface area (TPSA) is 15.3 Å². The predicted octanol–water partition coefficient (Wildman–Crippen LogP) is 4.24. The Kier molecular flexibility index (Phi) is 4.26. The summed E-state index contributed by atoms with van der Waals surface area (Å²) in [6, 6.07) is 18.0. The summed E-state index contributed by atoms with van der Waals surface area (Å²) in [7, 11) is 4.24. The first-order valence-corrected chi connectivity index (χ1v) is 7.81. The number of hydrogen-bond acceptors (Lipinski definition) is 2. The van der Waals surface area contributed by atoms with Crippen LogP contribution in [-0.2, 0) is 13.0 Å². The summed E-state index contributed by atoms with van der Waals surface area (Å²) < 4.78 is 0. The van der Waals surface area contributed by atoms with Crippen LogP contribution in [0.1, 0.15) is 35.6 Å². The summed E-state index contributed by atoms with van der Waals surface area (Å²) in [5.41, 5.74) is 5.62. The van der Waals surface area contributed by atoms with Crippen molar-refractivity contribution < 1.29 is 0 Å². The van der Waals surface area contributed by atoms with Gasteiger partial charge in [-0.05, 0) is 56.1 Å². The number of benzene rings is 2. The normalized spacial score (nSPS) is 17.6. The molecule has 0 amide bonds. The number of nitrogens with one attached hydrogen (secondary N) is 1. The number of aryl methyl sites for hydroxylation is 1. The number of nitrogens with zero attached hydrogens (tertiary/aromatic N) is 1. The molecule has 2 nitrogen and oxygen atoms in total. The van der Waals surface area contributed by atoms with Gasteiger partial charge in [-0.1, -0.05) is 42.5 Å². The number of para-hydroxylation sites is 1. The van der Waals surface area contributed by atoms with Gasteiger partial charge < -0.3 is 10.2 Å². The molecule has 1 unspecified atom stereocenters. The number of fused-ring (bicyclic) bond motifs is 1. The van der Waals surface area contributed by atoms with E-state index in [-0.39, 0.29) is 0 Å². The van der Waals surface area contributed by atoms with Crippen molar-refractivity contribution in [2.24, 2.45) is 0 Å². The van der Waals surface area contributed by atoms with Crippen LogP contribution in [0, 0.1) is 0 Å². The molecule has 1 aliphatic carbocycles. The van der Waals surface area contributed by atoms with Crippen molar-refractivity contribution in [3.63, 3.8) is 0 Å². The van der Waals surface area contributed by atoms with Crippen LogP contribution in [0.25, 0.3) is 0 Å². The molecule has 0 radical (unpaired) electrons. The van der Waals surface area contributed by atoms with Gasteiger partial charge in [-0.15, -0.1) is 0 Å². The third-order valence-electron chi connectivity index (χ3n) is 4.20. The molecule has 0 heterocycles. The van der Waals surface area contributed by atoms with Gasteiger partial charge in [0.05, 0.1) is 6.04 Å². The minimum Gasteiger partial charge on any atom is -0.378 e. The Morgan fingerprint density at radius 3 is 2.67 bits per heavy atom. The van der Waals surface area contributed by atoms with Gasteiger partial charge in [-0.3, -0.25) is 0 Å². The minimum absolute atomic E-state index is 0.443.